The van der Waals surface area contributed by atoms with Crippen molar-refractivity contribution in [3.63, 3.8) is 0 Å². The molecule has 2 nitrogen and oxygen atoms in total. The van der Waals surface area contributed by atoms with E-state index in [-0.39, 0.29) is 5.60 Å². The van der Waals surface area contributed by atoms with E-state index in [0.717, 1.165) is 0 Å². The number of hydrogen-bond acceptors (Lipinski definition) is 2. The van der Waals surface area contributed by atoms with Crippen LogP contribution in [0.15, 0.2) is 12.7 Å². The molecule has 0 saturated heterocycles. The van der Waals surface area contributed by atoms with Gasteiger partial charge in [0.1, 0.15) is 5.60 Å². The van der Waals surface area contributed by atoms with E-state index in [0.29, 0.717) is 0 Å². The molecule has 7 heavy (non-hydrogen) atoms. The molecule has 0 heterocycles. The fraction of sp³-hybridized carbons (Fsp3) is 0.600. The molecule has 42 valence electrons. The van der Waals surface area contributed by atoms with E-state index in [1.807, 2.05) is 13.8 Å². The van der Waals surface area contributed by atoms with Gasteiger partial charge >= 0.3 is 0 Å². The van der Waals surface area contributed by atoms with Crippen molar-refractivity contribution in [3.8, 4) is 0 Å². The Labute approximate surface area is 43.9 Å². The molecule has 0 spiro atoms. The topological polar surface area (TPSA) is 35.2 Å². The van der Waals surface area contributed by atoms with E-state index in [1.54, 1.807) is 6.08 Å². The van der Waals surface area contributed by atoms with Crippen molar-refractivity contribution in [1.82, 2.24) is 0 Å². The predicted molar refractivity (Wildman–Crippen MR) is 29.5 cm³/mol. The maximum atomic E-state index is 4.85. The molecule has 0 atom stereocenters. The molecule has 0 bridgehead atoms. The summed E-state index contributed by atoms with van der Waals surface area (Å²) >= 11 is 0. The van der Waals surface area contributed by atoms with Crippen LogP contribution in [0.3, 0.4) is 0 Å². The van der Waals surface area contributed by atoms with Gasteiger partial charge in [0, 0.05) is 0 Å². The Bertz CT molecular complexity index is 68.5. The van der Waals surface area contributed by atoms with Crippen LogP contribution in [0.1, 0.15) is 13.8 Å². The lowest BCUT2D eigenvalue weighted by Crippen LogP contribution is -2.24. The van der Waals surface area contributed by atoms with Gasteiger partial charge in [-0.15, -0.1) is 6.58 Å². The monoisotopic (exact) mass is 101 g/mol. The summed E-state index contributed by atoms with van der Waals surface area (Å²) < 4.78 is 0. The Morgan fingerprint density at radius 3 is 2.14 bits per heavy atom. The molecule has 0 aromatic carbocycles. The second-order valence-corrected chi connectivity index (χ2v) is 1.93. The highest BCUT2D eigenvalue weighted by Crippen LogP contribution is 2.04. The van der Waals surface area contributed by atoms with Crippen LogP contribution in [0.5, 0.6) is 0 Å². The van der Waals surface area contributed by atoms with E-state index >= 15 is 0 Å². The summed E-state index contributed by atoms with van der Waals surface area (Å²) in [5.41, 5.74) is -0.375. The molecule has 0 aromatic rings. The maximum absolute atomic E-state index is 4.85. The molecule has 0 rings (SSSR count). The molecule has 0 aliphatic rings. The minimum atomic E-state index is -0.375. The first-order chi connectivity index (χ1) is 3.12. The lowest BCUT2D eigenvalue weighted by atomic mass is 10.1. The quantitative estimate of drug-likeness (QED) is 0.413. The summed E-state index contributed by atoms with van der Waals surface area (Å²) in [6.45, 7) is 7.16. The predicted octanol–water partition coefficient (Wildman–Crippen LogP) is 0.841. The maximum Gasteiger partial charge on any atom is 0.101 e. The highest BCUT2D eigenvalue weighted by molar-refractivity contribution is 4.88. The molecule has 0 aliphatic heterocycles. The molecule has 0 aliphatic carbocycles. The normalized spacial score (nSPS) is 11.3. The average molecular weight is 101 g/mol. The molecule has 0 unspecified atom stereocenters. The Morgan fingerprint density at radius 2 is 2.14 bits per heavy atom. The van der Waals surface area contributed by atoms with Crippen molar-refractivity contribution in [2.24, 2.45) is 5.90 Å². The van der Waals surface area contributed by atoms with E-state index < -0.39 is 0 Å². The smallest absolute Gasteiger partial charge is 0.101 e. The van der Waals surface area contributed by atoms with E-state index in [9.17, 15) is 0 Å². The zero-order chi connectivity index (χ0) is 5.91. The summed E-state index contributed by atoms with van der Waals surface area (Å²) in [6, 6.07) is 0. The Hall–Kier alpha value is -0.340. The van der Waals surface area contributed by atoms with Gasteiger partial charge in [0.15, 0.2) is 0 Å². The first-order valence-electron chi connectivity index (χ1n) is 2.14. The third-order valence-electron chi connectivity index (χ3n) is 0.795. The molecule has 0 amide bonds. The van der Waals surface area contributed by atoms with E-state index in [1.165, 1.54) is 0 Å². The van der Waals surface area contributed by atoms with Crippen LogP contribution in [0, 0.1) is 0 Å². The SMILES string of the molecule is C=CC(C)(C)ON. The first kappa shape index (κ1) is 6.66. The third kappa shape index (κ3) is 2.37. The van der Waals surface area contributed by atoms with Crippen LogP contribution in [-0.2, 0) is 4.84 Å². The van der Waals surface area contributed by atoms with Crippen LogP contribution >= 0.6 is 0 Å². The van der Waals surface area contributed by atoms with Gasteiger partial charge in [-0.2, -0.15) is 0 Å². The van der Waals surface area contributed by atoms with Gasteiger partial charge in [0.2, 0.25) is 0 Å². The molecule has 0 aromatic heterocycles. The molecular formula is C5H11NO. The molecule has 0 fully saturated rings. The average Bonchev–Trinajstić information content (AvgIpc) is 1.68. The summed E-state index contributed by atoms with van der Waals surface area (Å²) in [4.78, 5) is 4.47. The fourth-order valence-electron chi connectivity index (χ4n) is 0.0481. The van der Waals surface area contributed by atoms with Crippen molar-refractivity contribution in [3.05, 3.63) is 12.7 Å². The van der Waals surface area contributed by atoms with Crippen molar-refractivity contribution in [2.75, 3.05) is 0 Å². The number of nitrogens with two attached hydrogens (primary N) is 1. The molecule has 0 radical (unpaired) electrons. The third-order valence-corrected chi connectivity index (χ3v) is 0.795. The van der Waals surface area contributed by atoms with Gasteiger partial charge < -0.3 is 0 Å². The fourth-order valence-corrected chi connectivity index (χ4v) is 0.0481. The Kier molecular flexibility index (Phi) is 1.99. The van der Waals surface area contributed by atoms with Gasteiger partial charge in [-0.3, -0.25) is 4.84 Å². The van der Waals surface area contributed by atoms with Gasteiger partial charge in [-0.25, -0.2) is 5.90 Å². The summed E-state index contributed by atoms with van der Waals surface area (Å²) in [5.74, 6) is 4.85. The van der Waals surface area contributed by atoms with Crippen LogP contribution < -0.4 is 5.90 Å². The second-order valence-electron chi connectivity index (χ2n) is 1.93. The van der Waals surface area contributed by atoms with E-state index in [2.05, 4.69) is 11.4 Å². The second kappa shape index (κ2) is 2.09. The molecule has 0 saturated carbocycles. The minimum Gasteiger partial charge on any atom is -0.294 e. The zero-order valence-corrected chi connectivity index (χ0v) is 4.77. The lowest BCUT2D eigenvalue weighted by molar-refractivity contribution is 0.0190. The summed E-state index contributed by atoms with van der Waals surface area (Å²) in [6.07, 6.45) is 1.65. The summed E-state index contributed by atoms with van der Waals surface area (Å²) in [7, 11) is 0. The van der Waals surface area contributed by atoms with Crippen molar-refractivity contribution in [1.29, 1.82) is 0 Å². The molecular weight excluding hydrogens is 90.1 g/mol. The highest BCUT2D eigenvalue weighted by Gasteiger charge is 2.09. The van der Waals surface area contributed by atoms with Crippen LogP contribution in [0.2, 0.25) is 0 Å². The Balaban J connectivity index is 3.58. The van der Waals surface area contributed by atoms with Gasteiger partial charge in [0.25, 0.3) is 0 Å². The standard InChI is InChI=1S/C5H11NO/c1-4-5(2,3)7-6/h4H,1,6H2,2-3H3. The van der Waals surface area contributed by atoms with Gasteiger partial charge in [-0.05, 0) is 13.8 Å². The minimum absolute atomic E-state index is 0.375. The van der Waals surface area contributed by atoms with Crippen LogP contribution in [-0.4, -0.2) is 5.60 Å². The zero-order valence-electron chi connectivity index (χ0n) is 4.77. The highest BCUT2D eigenvalue weighted by atomic mass is 16.6. The molecule has 2 N–H and O–H groups in total. The van der Waals surface area contributed by atoms with Gasteiger partial charge in [-0.1, -0.05) is 6.08 Å². The first-order valence-corrected chi connectivity index (χ1v) is 2.14. The summed E-state index contributed by atoms with van der Waals surface area (Å²) in [5, 5.41) is 0. The Morgan fingerprint density at radius 1 is 1.71 bits per heavy atom. The van der Waals surface area contributed by atoms with Crippen LogP contribution in [0.25, 0.3) is 0 Å². The van der Waals surface area contributed by atoms with Crippen molar-refractivity contribution >= 4 is 0 Å². The molecule has 2 heteroatoms. The van der Waals surface area contributed by atoms with Crippen molar-refractivity contribution in [2.45, 2.75) is 19.4 Å². The number of rotatable bonds is 2. The largest absolute Gasteiger partial charge is 0.294 e. The van der Waals surface area contributed by atoms with Gasteiger partial charge in [0.05, 0.1) is 0 Å². The van der Waals surface area contributed by atoms with Crippen LogP contribution in [0.4, 0.5) is 0 Å². The number of hydrogen-bond donors (Lipinski definition) is 1. The lowest BCUT2D eigenvalue weighted by Gasteiger charge is -2.14. The van der Waals surface area contributed by atoms with E-state index in [4.69, 9.17) is 5.90 Å². The van der Waals surface area contributed by atoms with Crippen molar-refractivity contribution < 1.29 is 4.84 Å².